The molecule has 2 fully saturated rings. The van der Waals surface area contributed by atoms with Gasteiger partial charge < -0.3 is 40.0 Å². The highest BCUT2D eigenvalue weighted by molar-refractivity contribution is 5.98. The molecule has 1 aromatic rings. The minimum absolute atomic E-state index is 0.00560. The maximum atomic E-state index is 12.9. The average Bonchev–Trinajstić information content (AvgIpc) is 3.05. The summed E-state index contributed by atoms with van der Waals surface area (Å²) in [5, 5.41) is 13.6. The van der Waals surface area contributed by atoms with Gasteiger partial charge in [0.15, 0.2) is 17.3 Å². The molecule has 2 saturated heterocycles. The van der Waals surface area contributed by atoms with Crippen LogP contribution in [0.4, 0.5) is 5.69 Å². The maximum Gasteiger partial charge on any atom is 0.255 e. The number of benzene rings is 1. The number of nitrogens with two attached hydrogens (primary N) is 1. The van der Waals surface area contributed by atoms with E-state index in [9.17, 15) is 9.90 Å². The van der Waals surface area contributed by atoms with Gasteiger partial charge in [-0.15, -0.1) is 0 Å². The van der Waals surface area contributed by atoms with Crippen LogP contribution in [-0.4, -0.2) is 80.4 Å². The number of rotatable bonds is 7. The second-order valence-electron chi connectivity index (χ2n) is 9.01. The van der Waals surface area contributed by atoms with Crippen molar-refractivity contribution in [2.24, 2.45) is 5.92 Å². The third-order valence-corrected chi connectivity index (χ3v) is 6.45. The number of anilines is 1. The summed E-state index contributed by atoms with van der Waals surface area (Å²) >= 11 is 0. The molecule has 1 amide bonds. The van der Waals surface area contributed by atoms with Crippen LogP contribution in [0, 0.1) is 5.92 Å². The molecule has 0 unspecified atom stereocenters. The van der Waals surface area contributed by atoms with Crippen molar-refractivity contribution < 1.29 is 28.8 Å². The summed E-state index contributed by atoms with van der Waals surface area (Å²) in [4.78, 5) is 15.1. The van der Waals surface area contributed by atoms with Crippen molar-refractivity contribution in [1.29, 1.82) is 0 Å². The first-order valence-corrected chi connectivity index (χ1v) is 11.6. The maximum absolute atomic E-state index is 12.9. The van der Waals surface area contributed by atoms with Gasteiger partial charge in [-0.3, -0.25) is 4.79 Å². The normalized spacial score (nSPS) is 25.3. The van der Waals surface area contributed by atoms with Gasteiger partial charge in [0.1, 0.15) is 0 Å². The summed E-state index contributed by atoms with van der Waals surface area (Å²) in [7, 11) is 0. The monoisotopic (exact) mass is 449 g/mol. The smallest absolute Gasteiger partial charge is 0.255 e. The topological polar surface area (TPSA) is 116 Å². The number of nitrogens with zero attached hydrogens (tertiary/aromatic N) is 1. The number of nitrogens with one attached hydrogen (secondary N) is 1. The third kappa shape index (κ3) is 5.64. The number of piperidine rings is 1. The van der Waals surface area contributed by atoms with Gasteiger partial charge in [-0.2, -0.15) is 0 Å². The summed E-state index contributed by atoms with van der Waals surface area (Å²) in [5.74, 6) is 0.218. The highest BCUT2D eigenvalue weighted by Crippen LogP contribution is 2.36. The summed E-state index contributed by atoms with van der Waals surface area (Å²) in [6.45, 7) is 7.11. The molecule has 4 rings (SSSR count). The van der Waals surface area contributed by atoms with E-state index in [1.165, 1.54) is 0 Å². The van der Waals surface area contributed by atoms with Gasteiger partial charge in [-0.05, 0) is 38.9 Å². The third-order valence-electron chi connectivity index (χ3n) is 6.45. The lowest BCUT2D eigenvalue weighted by molar-refractivity contribution is -0.148. The molecule has 32 heavy (non-hydrogen) atoms. The molecular formula is C23H35N3O6. The number of hydrogen-bond acceptors (Lipinski definition) is 8. The second kappa shape index (κ2) is 10.2. The second-order valence-corrected chi connectivity index (χ2v) is 9.01. The Morgan fingerprint density at radius 3 is 2.81 bits per heavy atom. The van der Waals surface area contributed by atoms with E-state index in [2.05, 4.69) is 10.2 Å². The van der Waals surface area contributed by atoms with Crippen molar-refractivity contribution in [1.82, 2.24) is 10.2 Å². The zero-order valence-electron chi connectivity index (χ0n) is 18.8. The van der Waals surface area contributed by atoms with Crippen LogP contribution in [0.1, 0.15) is 43.0 Å². The fourth-order valence-corrected chi connectivity index (χ4v) is 4.59. The molecule has 0 saturated carbocycles. The molecule has 4 N–H and O–H groups in total. The van der Waals surface area contributed by atoms with Gasteiger partial charge in [0, 0.05) is 43.6 Å². The van der Waals surface area contributed by atoms with Crippen LogP contribution in [0.5, 0.6) is 11.5 Å². The number of aliphatic hydroxyl groups is 1. The Kier molecular flexibility index (Phi) is 7.40. The van der Waals surface area contributed by atoms with Crippen LogP contribution in [0.2, 0.25) is 0 Å². The average molecular weight is 450 g/mol. The number of amides is 1. The lowest BCUT2D eigenvalue weighted by Crippen LogP contribution is -2.48. The molecule has 0 spiro atoms. The minimum Gasteiger partial charge on any atom is -0.489 e. The van der Waals surface area contributed by atoms with E-state index < -0.39 is 11.9 Å². The molecule has 9 nitrogen and oxygen atoms in total. The first kappa shape index (κ1) is 23.1. The van der Waals surface area contributed by atoms with E-state index in [1.807, 2.05) is 6.92 Å². The molecule has 3 aliphatic rings. The van der Waals surface area contributed by atoms with Gasteiger partial charge in [0.25, 0.3) is 5.91 Å². The Morgan fingerprint density at radius 1 is 1.25 bits per heavy atom. The predicted molar refractivity (Wildman–Crippen MR) is 119 cm³/mol. The molecule has 0 radical (unpaired) electrons. The molecule has 3 aliphatic heterocycles. The van der Waals surface area contributed by atoms with Crippen LogP contribution in [-0.2, 0) is 9.47 Å². The molecule has 9 heteroatoms. The largest absolute Gasteiger partial charge is 0.489 e. The number of carbonyl (C=O) groups excluding carboxylic acids is 1. The summed E-state index contributed by atoms with van der Waals surface area (Å²) < 4.78 is 22.7. The van der Waals surface area contributed by atoms with E-state index in [0.29, 0.717) is 62.3 Å². The summed E-state index contributed by atoms with van der Waals surface area (Å²) in [6.07, 6.45) is 2.87. The minimum atomic E-state index is -0.490. The Balaban J connectivity index is 1.25. The molecule has 0 bridgehead atoms. The van der Waals surface area contributed by atoms with Gasteiger partial charge in [-0.1, -0.05) is 0 Å². The van der Waals surface area contributed by atoms with E-state index >= 15 is 0 Å². The molecule has 0 aliphatic carbocycles. The van der Waals surface area contributed by atoms with Crippen molar-refractivity contribution >= 4 is 11.6 Å². The highest BCUT2D eigenvalue weighted by atomic mass is 16.7. The van der Waals surface area contributed by atoms with Crippen LogP contribution < -0.4 is 20.5 Å². The van der Waals surface area contributed by atoms with Crippen molar-refractivity contribution in [2.75, 3.05) is 58.3 Å². The van der Waals surface area contributed by atoms with E-state index in [4.69, 9.17) is 24.7 Å². The number of ether oxygens (including phenoxy) is 4. The Morgan fingerprint density at radius 2 is 2.03 bits per heavy atom. The number of carbonyl (C=O) groups is 1. The Labute approximate surface area is 189 Å². The van der Waals surface area contributed by atoms with Crippen molar-refractivity contribution in [3.05, 3.63) is 17.7 Å². The molecule has 0 aromatic heterocycles. The number of fused-ring (bicyclic) bond motifs is 1. The van der Waals surface area contributed by atoms with Gasteiger partial charge in [0.05, 0.1) is 38.1 Å². The Hall–Kier alpha value is -2.07. The highest BCUT2D eigenvalue weighted by Gasteiger charge is 2.32. The first-order chi connectivity index (χ1) is 15.4. The molecular weight excluding hydrogens is 414 g/mol. The van der Waals surface area contributed by atoms with Crippen molar-refractivity contribution in [3.8, 4) is 11.5 Å². The lowest BCUT2D eigenvalue weighted by atomic mass is 9.93. The summed E-state index contributed by atoms with van der Waals surface area (Å²) in [6, 6.07) is 3.29. The van der Waals surface area contributed by atoms with E-state index in [-0.39, 0.29) is 11.8 Å². The number of β-amino-alcohol motifs (C(OH)–C–C–N with tert-alkyl or cyclic N) is 1. The van der Waals surface area contributed by atoms with Gasteiger partial charge >= 0.3 is 0 Å². The molecule has 3 heterocycles. The van der Waals surface area contributed by atoms with E-state index in [0.717, 1.165) is 38.8 Å². The van der Waals surface area contributed by atoms with Gasteiger partial charge in [-0.25, -0.2) is 0 Å². The van der Waals surface area contributed by atoms with Crippen LogP contribution in [0.25, 0.3) is 0 Å². The van der Waals surface area contributed by atoms with Crippen LogP contribution in [0.15, 0.2) is 12.1 Å². The molecule has 2 atom stereocenters. The van der Waals surface area contributed by atoms with Crippen LogP contribution in [0.3, 0.4) is 0 Å². The zero-order chi connectivity index (χ0) is 22.6. The number of hydrogen-bond donors (Lipinski definition) is 3. The quantitative estimate of drug-likeness (QED) is 0.535. The number of nitrogen functional groups attached to an aromatic ring is 1. The number of aliphatic hydroxyl groups excluding tert-OH is 1. The fraction of sp³-hybridized carbons (Fsp3) is 0.696. The van der Waals surface area contributed by atoms with Crippen molar-refractivity contribution in [2.45, 2.75) is 44.5 Å². The standard InChI is InChI=1S/C23H35N3O6/c1-23(31-10-11-32-23)5-2-6-26-7-4-16(19(27)15-26)14-25-22(28)18-12-17(24)13-20-21(18)30-9-3-8-29-20/h12-13,16,19,27H,2-11,14-15,24H2,1H3,(H,25,28)/t16-,19+/m0/s1. The Bertz CT molecular complexity index is 798. The zero-order valence-corrected chi connectivity index (χ0v) is 18.8. The lowest BCUT2D eigenvalue weighted by Gasteiger charge is -2.36. The molecule has 1 aromatic carbocycles. The fourth-order valence-electron chi connectivity index (χ4n) is 4.59. The summed E-state index contributed by atoms with van der Waals surface area (Å²) in [5.41, 5.74) is 6.79. The number of likely N-dealkylation sites (tertiary alicyclic amines) is 1. The predicted octanol–water partition coefficient (Wildman–Crippen LogP) is 1.39. The molecule has 178 valence electrons. The van der Waals surface area contributed by atoms with Gasteiger partial charge in [0.2, 0.25) is 0 Å². The van der Waals surface area contributed by atoms with E-state index in [1.54, 1.807) is 12.1 Å². The SMILES string of the molecule is CC1(CCCN2CC[C@@H](CNC(=O)c3cc(N)cc4c3OCCCO4)[C@H](O)C2)OCCO1. The van der Waals surface area contributed by atoms with Crippen molar-refractivity contribution in [3.63, 3.8) is 0 Å². The van der Waals surface area contributed by atoms with Crippen LogP contribution >= 0.6 is 0 Å². The first-order valence-electron chi connectivity index (χ1n) is 11.6.